The van der Waals surface area contributed by atoms with Gasteiger partial charge >= 0.3 is 0 Å². The second-order valence-electron chi connectivity index (χ2n) is 6.73. The third-order valence-corrected chi connectivity index (χ3v) is 4.49. The molecular weight excluding hydrogens is 441 g/mol. The Kier molecular flexibility index (Phi) is 8.56. The highest BCUT2D eigenvalue weighted by Crippen LogP contribution is 2.09. The van der Waals surface area contributed by atoms with Crippen molar-refractivity contribution in [3.63, 3.8) is 0 Å². The first-order chi connectivity index (χ1) is 12.3. The minimum Gasteiger partial charge on any atom is -0.357 e. The molecule has 0 bridgehead atoms. The molecule has 0 spiro atoms. The van der Waals surface area contributed by atoms with E-state index in [-0.39, 0.29) is 24.0 Å². The zero-order chi connectivity index (χ0) is 17.5. The molecule has 0 radical (unpaired) electrons. The average Bonchev–Trinajstić information content (AvgIpc) is 3.27. The highest BCUT2D eigenvalue weighted by molar-refractivity contribution is 14.0. The zero-order valence-electron chi connectivity index (χ0n) is 15.7. The summed E-state index contributed by atoms with van der Waals surface area (Å²) in [6.45, 7) is 10.3. The van der Waals surface area contributed by atoms with Crippen molar-refractivity contribution in [3.05, 3.63) is 30.2 Å². The van der Waals surface area contributed by atoms with Gasteiger partial charge in [-0.15, -0.1) is 34.2 Å². The first-order valence-electron chi connectivity index (χ1n) is 9.29. The first-order valence-corrected chi connectivity index (χ1v) is 9.29. The highest BCUT2D eigenvalue weighted by atomic mass is 127. The first kappa shape index (κ1) is 20.9. The lowest BCUT2D eigenvalue weighted by Crippen LogP contribution is -2.41. The predicted octanol–water partition coefficient (Wildman–Crippen LogP) is 2.13. The van der Waals surface area contributed by atoms with Crippen LogP contribution in [0.5, 0.6) is 0 Å². The molecule has 2 aromatic rings. The fourth-order valence-electron chi connectivity index (χ4n) is 3.23. The van der Waals surface area contributed by atoms with Gasteiger partial charge in [-0.1, -0.05) is 13.0 Å². The van der Waals surface area contributed by atoms with E-state index in [0.29, 0.717) is 12.5 Å². The maximum Gasteiger partial charge on any atom is 0.191 e. The number of guanidine groups is 1. The van der Waals surface area contributed by atoms with Crippen molar-refractivity contribution in [2.75, 3.05) is 32.7 Å². The van der Waals surface area contributed by atoms with Gasteiger partial charge in [0.2, 0.25) is 0 Å². The number of aromatic nitrogens is 3. The summed E-state index contributed by atoms with van der Waals surface area (Å²) in [5, 5.41) is 15.2. The summed E-state index contributed by atoms with van der Waals surface area (Å²) in [6, 6.07) is 5.89. The zero-order valence-corrected chi connectivity index (χ0v) is 18.0. The fourth-order valence-corrected chi connectivity index (χ4v) is 3.23. The molecule has 1 fully saturated rings. The largest absolute Gasteiger partial charge is 0.357 e. The van der Waals surface area contributed by atoms with Crippen molar-refractivity contribution in [3.8, 4) is 0 Å². The van der Waals surface area contributed by atoms with E-state index in [0.717, 1.165) is 37.1 Å². The van der Waals surface area contributed by atoms with E-state index in [1.165, 1.54) is 25.9 Å². The highest BCUT2D eigenvalue weighted by Gasteiger charge is 2.14. The standard InChI is InChI=1S/C18H29N7.HI/c1-3-19-18(20-12-15(2)14-24-9-6-7-10-24)21-13-17-23-22-16-8-4-5-11-25(16)17;/h4-5,8,11,15H,3,6-7,9-10,12-14H2,1-2H3,(H2,19,20,21);1H. The molecule has 7 nitrogen and oxygen atoms in total. The Labute approximate surface area is 172 Å². The molecule has 3 rings (SSSR count). The molecule has 0 aliphatic carbocycles. The number of nitrogens with zero attached hydrogens (tertiary/aromatic N) is 5. The quantitative estimate of drug-likeness (QED) is 0.368. The Morgan fingerprint density at radius 2 is 2.04 bits per heavy atom. The van der Waals surface area contributed by atoms with Crippen molar-refractivity contribution in [1.82, 2.24) is 30.1 Å². The van der Waals surface area contributed by atoms with Gasteiger partial charge in [-0.25, -0.2) is 4.99 Å². The van der Waals surface area contributed by atoms with Crippen LogP contribution in [0, 0.1) is 5.92 Å². The van der Waals surface area contributed by atoms with Crippen LogP contribution in [0.15, 0.2) is 29.4 Å². The van der Waals surface area contributed by atoms with Crippen molar-refractivity contribution in [1.29, 1.82) is 0 Å². The number of hydrogen-bond donors (Lipinski definition) is 2. The molecule has 8 heteroatoms. The summed E-state index contributed by atoms with van der Waals surface area (Å²) in [7, 11) is 0. The minimum atomic E-state index is 0. The van der Waals surface area contributed by atoms with Gasteiger partial charge in [-0.3, -0.25) is 4.40 Å². The summed E-state index contributed by atoms with van der Waals surface area (Å²) < 4.78 is 1.98. The van der Waals surface area contributed by atoms with E-state index in [2.05, 4.69) is 44.6 Å². The minimum absolute atomic E-state index is 0. The molecule has 1 saturated heterocycles. The summed E-state index contributed by atoms with van der Waals surface area (Å²) in [5.74, 6) is 2.28. The molecule has 1 atom stereocenters. The molecule has 1 aliphatic heterocycles. The summed E-state index contributed by atoms with van der Waals surface area (Å²) >= 11 is 0. The molecule has 2 aromatic heterocycles. The lowest BCUT2D eigenvalue weighted by Gasteiger charge is -2.21. The van der Waals surface area contributed by atoms with E-state index in [4.69, 9.17) is 0 Å². The van der Waals surface area contributed by atoms with E-state index in [1.54, 1.807) is 0 Å². The van der Waals surface area contributed by atoms with Crippen molar-refractivity contribution in [2.24, 2.45) is 10.9 Å². The molecule has 0 saturated carbocycles. The Balaban J connectivity index is 0.00000243. The van der Waals surface area contributed by atoms with Gasteiger partial charge in [0.15, 0.2) is 17.4 Å². The number of hydrogen-bond acceptors (Lipinski definition) is 4. The number of halogens is 1. The van der Waals surface area contributed by atoms with Gasteiger partial charge in [0.05, 0.1) is 0 Å². The molecule has 1 aliphatic rings. The Morgan fingerprint density at radius 3 is 2.81 bits per heavy atom. The van der Waals surface area contributed by atoms with Crippen LogP contribution in [0.2, 0.25) is 0 Å². The van der Waals surface area contributed by atoms with Crippen molar-refractivity contribution in [2.45, 2.75) is 33.2 Å². The number of aliphatic imine (C=N–C) groups is 1. The lowest BCUT2D eigenvalue weighted by molar-refractivity contribution is 0.287. The number of rotatable bonds is 7. The van der Waals surface area contributed by atoms with Crippen LogP contribution in [0.3, 0.4) is 0 Å². The monoisotopic (exact) mass is 471 g/mol. The SMILES string of the molecule is CCNC(=NCc1nnc2ccccn12)NCC(C)CN1CCCC1.I. The Hall–Kier alpha value is -1.42. The van der Waals surface area contributed by atoms with Gasteiger partial charge in [-0.2, -0.15) is 0 Å². The van der Waals surface area contributed by atoms with E-state index < -0.39 is 0 Å². The topological polar surface area (TPSA) is 69.8 Å². The summed E-state index contributed by atoms with van der Waals surface area (Å²) in [6.07, 6.45) is 4.66. The van der Waals surface area contributed by atoms with Crippen LogP contribution in [0.1, 0.15) is 32.5 Å². The maximum absolute atomic E-state index is 4.67. The third-order valence-electron chi connectivity index (χ3n) is 4.49. The smallest absolute Gasteiger partial charge is 0.191 e. The number of pyridine rings is 1. The van der Waals surface area contributed by atoms with E-state index >= 15 is 0 Å². The number of fused-ring (bicyclic) bond motifs is 1. The normalized spacial score (nSPS) is 16.5. The van der Waals surface area contributed by atoms with Crippen LogP contribution < -0.4 is 10.6 Å². The molecule has 26 heavy (non-hydrogen) atoms. The van der Waals surface area contributed by atoms with Gasteiger partial charge in [-0.05, 0) is 50.9 Å². The third kappa shape index (κ3) is 5.80. The molecule has 3 heterocycles. The molecule has 2 N–H and O–H groups in total. The van der Waals surface area contributed by atoms with Gasteiger partial charge in [0, 0.05) is 25.8 Å². The van der Waals surface area contributed by atoms with Crippen LogP contribution >= 0.6 is 24.0 Å². The van der Waals surface area contributed by atoms with E-state index in [9.17, 15) is 0 Å². The van der Waals surface area contributed by atoms with Crippen LogP contribution in [0.4, 0.5) is 0 Å². The molecule has 1 unspecified atom stereocenters. The van der Waals surface area contributed by atoms with Gasteiger partial charge in [0.25, 0.3) is 0 Å². The predicted molar refractivity (Wildman–Crippen MR) is 116 cm³/mol. The maximum atomic E-state index is 4.67. The Bertz CT molecular complexity index is 694. The molecular formula is C18H30IN7. The Morgan fingerprint density at radius 1 is 1.23 bits per heavy atom. The van der Waals surface area contributed by atoms with E-state index in [1.807, 2.05) is 28.8 Å². The van der Waals surface area contributed by atoms with Gasteiger partial charge in [0.1, 0.15) is 6.54 Å². The van der Waals surface area contributed by atoms with Gasteiger partial charge < -0.3 is 15.5 Å². The fraction of sp³-hybridized carbons (Fsp3) is 0.611. The summed E-state index contributed by atoms with van der Waals surface area (Å²) in [5.41, 5.74) is 0.852. The van der Waals surface area contributed by atoms with Crippen molar-refractivity contribution >= 4 is 35.6 Å². The van der Waals surface area contributed by atoms with Crippen molar-refractivity contribution < 1.29 is 0 Å². The average molecular weight is 471 g/mol. The van der Waals surface area contributed by atoms with Crippen LogP contribution in [-0.4, -0.2) is 58.2 Å². The molecule has 0 aromatic carbocycles. The van der Waals surface area contributed by atoms with Crippen LogP contribution in [0.25, 0.3) is 5.65 Å². The number of nitrogens with one attached hydrogen (secondary N) is 2. The molecule has 144 valence electrons. The molecule has 0 amide bonds. The summed E-state index contributed by atoms with van der Waals surface area (Å²) in [4.78, 5) is 7.22. The second kappa shape index (κ2) is 10.7. The second-order valence-corrected chi connectivity index (χ2v) is 6.73. The number of likely N-dealkylation sites (tertiary alicyclic amines) is 1. The van der Waals surface area contributed by atoms with Crippen LogP contribution in [-0.2, 0) is 6.54 Å². The lowest BCUT2D eigenvalue weighted by atomic mass is 10.1.